The molecule has 27 heteroatoms. The maximum Gasteiger partial charge on any atom is 2.00 e. The Bertz CT molecular complexity index is 588. The second-order valence-corrected chi connectivity index (χ2v) is 12.8. The molecule has 144 valence electrons. The third-order valence-electron chi connectivity index (χ3n) is 1.24. The average molecular weight is 600 g/mol. The van der Waals surface area contributed by atoms with Crippen LogP contribution < -0.4 is 0 Å². The normalized spacial score (nSPS) is 49.1. The molecule has 0 bridgehead atoms. The summed E-state index contributed by atoms with van der Waals surface area (Å²) in [6.45, 7) is 0. The van der Waals surface area contributed by atoms with Crippen LogP contribution in [-0.4, -0.2) is 143 Å². The Hall–Kier alpha value is 4.68. The quantitative estimate of drug-likeness (QED) is 0.152. The summed E-state index contributed by atoms with van der Waals surface area (Å²) in [5.41, 5.74) is 0. The van der Waals surface area contributed by atoms with Crippen molar-refractivity contribution in [3.63, 3.8) is 0 Å². The molecule has 18 nitrogen and oxygen atoms in total. The van der Waals surface area contributed by atoms with Crippen LogP contribution in [0, 0.1) is 0 Å². The summed E-state index contributed by atoms with van der Waals surface area (Å²) in [4.78, 5) is 50.5. The Labute approximate surface area is 238 Å². The molecule has 0 aromatic rings. The van der Waals surface area contributed by atoms with Gasteiger partial charge in [0.05, 0.1) is 0 Å². The van der Waals surface area contributed by atoms with E-state index in [2.05, 4.69) is 25.9 Å². The van der Waals surface area contributed by atoms with E-state index in [1.807, 2.05) is 0 Å². The van der Waals surface area contributed by atoms with Crippen LogP contribution in [0.5, 0.6) is 0 Å². The minimum atomic E-state index is -4.98. The summed E-state index contributed by atoms with van der Waals surface area (Å²) in [6.07, 6.45) is 0. The molecule has 2 heterocycles. The molecular weight excluding hydrogens is 594 g/mol. The van der Waals surface area contributed by atoms with Gasteiger partial charge in [-0.15, -0.1) is 0 Å². The summed E-state index contributed by atoms with van der Waals surface area (Å²) in [5.74, 6) is 0. The first-order valence-electron chi connectivity index (χ1n) is 4.49. The van der Waals surface area contributed by atoms with Gasteiger partial charge in [0, 0.05) is 0 Å². The zero-order valence-corrected chi connectivity index (χ0v) is 24.4. The zero-order valence-electron chi connectivity index (χ0n) is 12.4. The third-order valence-corrected chi connectivity index (χ3v) is 11.1. The molecule has 2 saturated heterocycles. The van der Waals surface area contributed by atoms with Crippen molar-refractivity contribution in [2.45, 2.75) is 0 Å². The minimum absolute atomic E-state index is 0. The van der Waals surface area contributed by atoms with Gasteiger partial charge in [0.25, 0.3) is 0 Å². The van der Waals surface area contributed by atoms with E-state index >= 15 is 0 Å². The van der Waals surface area contributed by atoms with Crippen molar-refractivity contribution in [1.82, 2.24) is 0 Å². The predicted molar refractivity (Wildman–Crippen MR) is 82.7 cm³/mol. The first-order valence-corrected chi connectivity index (χ1v) is 13.5. The maximum atomic E-state index is 10.4. The molecule has 0 spiro atoms. The van der Waals surface area contributed by atoms with Crippen molar-refractivity contribution in [3.8, 4) is 0 Å². The van der Waals surface area contributed by atoms with E-state index < -0.39 is 46.9 Å². The first-order chi connectivity index (χ1) is 10.2. The molecule has 0 aromatic carbocycles. The van der Waals surface area contributed by atoms with E-state index in [9.17, 15) is 27.4 Å². The van der Waals surface area contributed by atoms with E-state index in [0.29, 0.717) is 0 Å². The zero-order chi connectivity index (χ0) is 19.2. The third kappa shape index (κ3) is 15.2. The Morgan fingerprint density at radius 3 is 0.481 bits per heavy atom. The first kappa shape index (κ1) is 36.3. The Morgan fingerprint density at radius 1 is 0.333 bits per heavy atom. The van der Waals surface area contributed by atoms with E-state index in [1.165, 1.54) is 0 Å². The Morgan fingerprint density at radius 2 is 0.407 bits per heavy atom. The van der Waals surface area contributed by atoms with Gasteiger partial charge in [-0.05, 0) is 0 Å². The van der Waals surface area contributed by atoms with Gasteiger partial charge in [0.1, 0.15) is 0 Å². The standard InChI is InChI=1S/3Ca.2H3O9P3/c;;;2*1-10(2)7-11(3,4)9-12(5,6)8-10/h;;;2*(H,1,2)(H,3,4)(H,5,6)/q3*+2;;. The van der Waals surface area contributed by atoms with Gasteiger partial charge in [-0.3, -0.25) is 0 Å². The smallest absolute Gasteiger partial charge is 0.302 e. The molecule has 0 amide bonds. The molecule has 0 unspecified atom stereocenters. The molecule has 2 rings (SSSR count). The monoisotopic (exact) mass is 600 g/mol. The fourth-order valence-corrected chi connectivity index (χ4v) is 9.46. The van der Waals surface area contributed by atoms with Crippen LogP contribution >= 0.6 is 46.9 Å². The molecule has 2 fully saturated rings. The van der Waals surface area contributed by atoms with Gasteiger partial charge in [0.2, 0.25) is 0 Å². The van der Waals surface area contributed by atoms with Gasteiger partial charge < -0.3 is 29.4 Å². The maximum absolute atomic E-state index is 10.4. The van der Waals surface area contributed by atoms with E-state index in [-0.39, 0.29) is 113 Å². The number of hydrogen-bond acceptors (Lipinski definition) is 12. The van der Waals surface area contributed by atoms with Crippen LogP contribution in [0.4, 0.5) is 0 Å². The summed E-state index contributed by atoms with van der Waals surface area (Å²) < 4.78 is 83.2. The minimum Gasteiger partial charge on any atom is -0.302 e. The van der Waals surface area contributed by atoms with Crippen LogP contribution in [0.1, 0.15) is 0 Å². The van der Waals surface area contributed by atoms with Crippen molar-refractivity contribution in [2.24, 2.45) is 0 Å². The molecule has 0 aromatic heterocycles. The fraction of sp³-hybridized carbons (Fsp3) is 0. The van der Waals surface area contributed by atoms with Gasteiger partial charge in [0.15, 0.2) is 0 Å². The van der Waals surface area contributed by atoms with Crippen LogP contribution in [0.3, 0.4) is 0 Å². The molecule has 0 saturated carbocycles. The molecule has 6 N–H and O–H groups in total. The Kier molecular flexibility index (Phi) is 16.7. The van der Waals surface area contributed by atoms with E-state index in [1.54, 1.807) is 0 Å². The van der Waals surface area contributed by atoms with Gasteiger partial charge in [-0.25, -0.2) is 27.4 Å². The molecule has 0 atom stereocenters. The molecule has 0 aliphatic carbocycles. The van der Waals surface area contributed by atoms with E-state index in [4.69, 9.17) is 29.4 Å². The van der Waals surface area contributed by atoms with Crippen molar-refractivity contribution in [2.75, 3.05) is 0 Å². The SMILES string of the molecule is O=P1(O)OP(=O)(O)OP(=O)(O)O1.O=P1(O)OP(=O)(O)OP(=O)(O)O1.[Ca+2].[Ca+2].[Ca+2]. The van der Waals surface area contributed by atoms with Crippen LogP contribution in [0.15, 0.2) is 0 Å². The van der Waals surface area contributed by atoms with Crippen LogP contribution in [0.25, 0.3) is 0 Å². The van der Waals surface area contributed by atoms with Crippen molar-refractivity contribution in [3.05, 3.63) is 0 Å². The van der Waals surface area contributed by atoms with Gasteiger partial charge in [-0.1, -0.05) is 0 Å². The molecule has 0 radical (unpaired) electrons. The van der Waals surface area contributed by atoms with Crippen molar-refractivity contribution < 1.29 is 82.6 Å². The van der Waals surface area contributed by atoms with Crippen LogP contribution in [0.2, 0.25) is 0 Å². The molecule has 27 heavy (non-hydrogen) atoms. The second kappa shape index (κ2) is 12.4. The summed E-state index contributed by atoms with van der Waals surface area (Å²) in [5, 5.41) is 0. The average Bonchev–Trinajstić information content (AvgIpc) is 1.97. The molecule has 2 aliphatic rings. The van der Waals surface area contributed by atoms with Crippen molar-refractivity contribution in [1.29, 1.82) is 0 Å². The number of rotatable bonds is 0. The molecular formula is H6Ca3O18P6+6. The van der Waals surface area contributed by atoms with Gasteiger partial charge >= 0.3 is 160 Å². The number of hydrogen-bond donors (Lipinski definition) is 6. The molecule has 2 aliphatic heterocycles. The Balaban J connectivity index is -0.000000384. The number of phosphoric acid groups is 6. The summed E-state index contributed by atoms with van der Waals surface area (Å²) in [6, 6.07) is 0. The van der Waals surface area contributed by atoms with E-state index in [0.717, 1.165) is 0 Å². The van der Waals surface area contributed by atoms with Crippen LogP contribution in [-0.2, 0) is 53.3 Å². The second-order valence-electron chi connectivity index (χ2n) is 3.30. The summed E-state index contributed by atoms with van der Waals surface area (Å²) in [7, 11) is -29.9. The summed E-state index contributed by atoms with van der Waals surface area (Å²) >= 11 is 0. The topological polar surface area (TPSA) is 279 Å². The predicted octanol–water partition coefficient (Wildman–Crippen LogP) is -0.440. The fourth-order valence-electron chi connectivity index (χ4n) is 0.872. The van der Waals surface area contributed by atoms with Crippen molar-refractivity contribution >= 4 is 160 Å². The van der Waals surface area contributed by atoms with Gasteiger partial charge in [-0.2, -0.15) is 25.9 Å². The largest absolute Gasteiger partial charge is 2.00 e.